The van der Waals surface area contributed by atoms with Crippen LogP contribution in [-0.2, 0) is 0 Å². The lowest BCUT2D eigenvalue weighted by molar-refractivity contribution is 0.0732. The van der Waals surface area contributed by atoms with Gasteiger partial charge in [-0.2, -0.15) is 0 Å². The molecule has 0 unspecified atom stereocenters. The molecule has 8 heteroatoms. The molecule has 0 saturated carbocycles. The first-order valence-electron chi connectivity index (χ1n) is 24.8. The van der Waals surface area contributed by atoms with Crippen molar-refractivity contribution in [2.24, 2.45) is 9.98 Å². The van der Waals surface area contributed by atoms with E-state index >= 15 is 0 Å². The first kappa shape index (κ1) is 51.0. The van der Waals surface area contributed by atoms with Crippen LogP contribution < -0.4 is 18.9 Å². The highest BCUT2D eigenvalue weighted by Crippen LogP contribution is 2.24. The van der Waals surface area contributed by atoms with Gasteiger partial charge in [-0.25, -0.2) is 9.59 Å². The van der Waals surface area contributed by atoms with E-state index in [2.05, 4.69) is 23.8 Å². The Hall–Kier alpha value is -6.02. The van der Waals surface area contributed by atoms with Crippen LogP contribution in [-0.4, -0.2) is 37.6 Å². The summed E-state index contributed by atoms with van der Waals surface area (Å²) in [5.74, 6) is 1.15. The largest absolute Gasteiger partial charge is 0.494 e. The second-order valence-electron chi connectivity index (χ2n) is 17.1. The Balaban J connectivity index is 0.970. The van der Waals surface area contributed by atoms with Gasteiger partial charge in [0.25, 0.3) is 0 Å². The molecule has 5 aromatic carbocycles. The summed E-state index contributed by atoms with van der Waals surface area (Å²) in [6.45, 7) is 5.98. The molecule has 5 rings (SSSR count). The fourth-order valence-electron chi connectivity index (χ4n) is 7.46. The smallest absolute Gasteiger partial charge is 0.343 e. The van der Waals surface area contributed by atoms with Crippen LogP contribution in [0.15, 0.2) is 131 Å². The predicted molar refractivity (Wildman–Crippen MR) is 271 cm³/mol. The van der Waals surface area contributed by atoms with Crippen molar-refractivity contribution in [1.29, 1.82) is 0 Å². The molecule has 350 valence electrons. The molecular weight excluding hydrogens is 821 g/mol. The van der Waals surface area contributed by atoms with E-state index in [-0.39, 0.29) is 11.5 Å². The number of hydrogen-bond acceptors (Lipinski definition) is 8. The number of nitrogens with zero attached hydrogens (tertiary/aromatic N) is 2. The van der Waals surface area contributed by atoms with Gasteiger partial charge >= 0.3 is 11.9 Å². The highest BCUT2D eigenvalue weighted by molar-refractivity contribution is 5.93. The van der Waals surface area contributed by atoms with Gasteiger partial charge in [0.05, 0.1) is 35.7 Å². The van der Waals surface area contributed by atoms with Crippen molar-refractivity contribution in [3.63, 3.8) is 0 Å². The maximum Gasteiger partial charge on any atom is 0.343 e. The van der Waals surface area contributed by atoms with Gasteiger partial charge in [0.15, 0.2) is 0 Å². The maximum absolute atomic E-state index is 13.0. The zero-order valence-electron chi connectivity index (χ0n) is 39.6. The highest BCUT2D eigenvalue weighted by Gasteiger charge is 2.12. The topological polar surface area (TPSA) is 95.8 Å². The van der Waals surface area contributed by atoms with Gasteiger partial charge in [-0.3, -0.25) is 9.98 Å². The molecule has 5 aromatic rings. The molecule has 8 nitrogen and oxygen atoms in total. The van der Waals surface area contributed by atoms with Crippen molar-refractivity contribution in [2.75, 3.05) is 13.2 Å². The van der Waals surface area contributed by atoms with Gasteiger partial charge < -0.3 is 18.9 Å². The van der Waals surface area contributed by atoms with E-state index in [1.807, 2.05) is 72.8 Å². The second-order valence-corrected chi connectivity index (χ2v) is 17.1. The first-order chi connectivity index (χ1) is 32.5. The molecule has 0 aromatic heterocycles. The molecule has 0 spiro atoms. The quantitative estimate of drug-likeness (QED) is 0.0185. The SMILES string of the molecule is CCCCCCCCCCCCOc1ccc(N=Cc2ccc(C(=O)Oc3cccc(OC(=O)c4ccc(C=Nc5ccc(OCCCCCCCCCCCC)cc5)cc4)c3)cc2)cc1. The van der Waals surface area contributed by atoms with Crippen LogP contribution in [0, 0.1) is 0 Å². The van der Waals surface area contributed by atoms with E-state index in [1.165, 1.54) is 122 Å². The number of benzene rings is 5. The molecule has 0 saturated heterocycles. The molecule has 0 radical (unpaired) electrons. The average Bonchev–Trinajstić information content (AvgIpc) is 3.34. The average molecular weight is 893 g/mol. The number of unbranched alkanes of at least 4 members (excludes halogenated alkanes) is 18. The number of hydrogen-bond donors (Lipinski definition) is 0. The van der Waals surface area contributed by atoms with E-state index in [1.54, 1.807) is 54.9 Å². The summed E-state index contributed by atoms with van der Waals surface area (Å²) in [6, 6.07) is 36.0. The minimum Gasteiger partial charge on any atom is -0.494 e. The van der Waals surface area contributed by atoms with Gasteiger partial charge in [0.2, 0.25) is 0 Å². The van der Waals surface area contributed by atoms with E-state index < -0.39 is 11.9 Å². The van der Waals surface area contributed by atoms with Crippen LogP contribution in [0.25, 0.3) is 0 Å². The second kappa shape index (κ2) is 31.0. The highest BCUT2D eigenvalue weighted by atomic mass is 16.5. The number of carbonyl (C=O) groups is 2. The van der Waals surface area contributed by atoms with Crippen LogP contribution in [0.4, 0.5) is 11.4 Å². The van der Waals surface area contributed by atoms with E-state index in [0.717, 1.165) is 60.1 Å². The van der Waals surface area contributed by atoms with Gasteiger partial charge in [0.1, 0.15) is 23.0 Å². The summed E-state index contributed by atoms with van der Waals surface area (Å²) in [7, 11) is 0. The predicted octanol–water partition coefficient (Wildman–Crippen LogP) is 16.2. The van der Waals surface area contributed by atoms with E-state index in [9.17, 15) is 9.59 Å². The maximum atomic E-state index is 13.0. The first-order valence-corrected chi connectivity index (χ1v) is 24.8. The van der Waals surface area contributed by atoms with E-state index in [4.69, 9.17) is 18.9 Å². The van der Waals surface area contributed by atoms with Crippen molar-refractivity contribution in [2.45, 2.75) is 142 Å². The molecule has 0 aliphatic carbocycles. The Bertz CT molecular complexity index is 2010. The minimum absolute atomic E-state index is 0.257. The number of rotatable bonds is 32. The Morgan fingerprint density at radius 1 is 0.394 bits per heavy atom. The summed E-state index contributed by atoms with van der Waals surface area (Å²) in [4.78, 5) is 35.1. The lowest BCUT2D eigenvalue weighted by Gasteiger charge is -2.08. The molecule has 0 aliphatic heterocycles. The lowest BCUT2D eigenvalue weighted by atomic mass is 10.1. The molecule has 66 heavy (non-hydrogen) atoms. The number of aliphatic imine (C=N–C) groups is 2. The minimum atomic E-state index is -0.531. The Morgan fingerprint density at radius 2 is 0.727 bits per heavy atom. The summed E-state index contributed by atoms with van der Waals surface area (Å²) in [5.41, 5.74) is 4.06. The Morgan fingerprint density at radius 3 is 1.08 bits per heavy atom. The fourth-order valence-corrected chi connectivity index (χ4v) is 7.46. The van der Waals surface area contributed by atoms with Crippen molar-refractivity contribution in [1.82, 2.24) is 0 Å². The fraction of sp³-hybridized carbons (Fsp3) is 0.414. The van der Waals surface area contributed by atoms with Crippen LogP contribution in [0.2, 0.25) is 0 Å². The third-order valence-electron chi connectivity index (χ3n) is 11.5. The third kappa shape index (κ3) is 20.4. The Kier molecular flexibility index (Phi) is 23.9. The molecular formula is C58H72N2O6. The summed E-state index contributed by atoms with van der Waals surface area (Å²) >= 11 is 0. The number of esters is 2. The molecule has 0 amide bonds. The zero-order chi connectivity index (χ0) is 46.3. The standard InChI is InChI=1S/C58H72N2O6/c1-3-5-7-9-11-13-15-17-19-21-42-63-53-38-34-51(35-39-53)59-45-47-26-30-49(31-27-47)57(61)65-55-24-23-25-56(44-55)66-58(62)50-32-28-48(29-33-50)46-60-52-36-40-54(41-37-52)64-43-22-20-18-16-14-12-10-8-6-4-2/h23-41,44-46H,3-22,42-43H2,1-2H3. The van der Waals surface area contributed by atoms with Gasteiger partial charge in [-0.05, 0) is 109 Å². The summed E-state index contributed by atoms with van der Waals surface area (Å²) < 4.78 is 23.1. The van der Waals surface area contributed by atoms with E-state index in [0.29, 0.717) is 11.1 Å². The normalized spacial score (nSPS) is 11.3. The van der Waals surface area contributed by atoms with Gasteiger partial charge in [-0.1, -0.05) is 160 Å². The molecule has 0 bridgehead atoms. The van der Waals surface area contributed by atoms with Gasteiger partial charge in [0, 0.05) is 18.5 Å². The molecule has 0 heterocycles. The van der Waals surface area contributed by atoms with Crippen LogP contribution in [0.1, 0.15) is 174 Å². The lowest BCUT2D eigenvalue weighted by Crippen LogP contribution is -2.10. The van der Waals surface area contributed by atoms with Crippen molar-refractivity contribution >= 4 is 35.7 Å². The zero-order valence-corrected chi connectivity index (χ0v) is 39.6. The molecule has 0 aliphatic rings. The molecule has 0 atom stereocenters. The van der Waals surface area contributed by atoms with Gasteiger partial charge in [-0.15, -0.1) is 0 Å². The summed E-state index contributed by atoms with van der Waals surface area (Å²) in [6.07, 6.45) is 29.6. The van der Waals surface area contributed by atoms with Crippen LogP contribution in [0.5, 0.6) is 23.0 Å². The Labute approximate surface area is 394 Å². The number of ether oxygens (including phenoxy) is 4. The van der Waals surface area contributed by atoms with Crippen molar-refractivity contribution in [3.8, 4) is 23.0 Å². The van der Waals surface area contributed by atoms with Crippen LogP contribution >= 0.6 is 0 Å². The molecule has 0 fully saturated rings. The third-order valence-corrected chi connectivity index (χ3v) is 11.5. The summed E-state index contributed by atoms with van der Waals surface area (Å²) in [5, 5.41) is 0. The van der Waals surface area contributed by atoms with Crippen molar-refractivity contribution in [3.05, 3.63) is 144 Å². The van der Waals surface area contributed by atoms with Crippen molar-refractivity contribution < 1.29 is 28.5 Å². The molecule has 0 N–H and O–H groups in total. The number of carbonyl (C=O) groups excluding carboxylic acids is 2. The monoisotopic (exact) mass is 893 g/mol. The van der Waals surface area contributed by atoms with Crippen LogP contribution in [0.3, 0.4) is 0 Å².